The van der Waals surface area contributed by atoms with E-state index in [2.05, 4.69) is 17.2 Å². The molecule has 0 saturated heterocycles. The molecule has 0 radical (unpaired) electrons. The Morgan fingerprint density at radius 2 is 1.96 bits per heavy atom. The molecule has 0 aromatic heterocycles. The molecule has 2 amide bonds. The summed E-state index contributed by atoms with van der Waals surface area (Å²) in [6.07, 6.45) is 3.85. The molecule has 8 heteroatoms. The number of thioether (sulfide) groups is 1. The van der Waals surface area contributed by atoms with Gasteiger partial charge in [0.15, 0.2) is 0 Å². The van der Waals surface area contributed by atoms with Gasteiger partial charge in [0.05, 0.1) is 6.61 Å². The fourth-order valence-corrected chi connectivity index (χ4v) is 2.02. The van der Waals surface area contributed by atoms with E-state index < -0.39 is 29.6 Å². The Balaban J connectivity index is 4.46. The molecule has 0 heterocycles. The van der Waals surface area contributed by atoms with Crippen molar-refractivity contribution in [1.82, 2.24) is 10.6 Å². The zero-order valence-electron chi connectivity index (χ0n) is 14.8. The molecule has 0 rings (SSSR count). The van der Waals surface area contributed by atoms with Crippen LogP contribution in [0.4, 0.5) is 4.79 Å². The molecule has 0 unspecified atom stereocenters. The quantitative estimate of drug-likeness (QED) is 0.351. The van der Waals surface area contributed by atoms with Crippen molar-refractivity contribution in [1.29, 1.82) is 0 Å². The van der Waals surface area contributed by atoms with Crippen LogP contribution < -0.4 is 10.6 Å². The number of carbonyl (C=O) groups is 3. The van der Waals surface area contributed by atoms with E-state index in [0.717, 1.165) is 0 Å². The number of amides is 2. The van der Waals surface area contributed by atoms with E-state index in [0.29, 0.717) is 18.6 Å². The van der Waals surface area contributed by atoms with Crippen LogP contribution in [0.15, 0.2) is 12.7 Å². The average molecular weight is 360 g/mol. The van der Waals surface area contributed by atoms with E-state index in [9.17, 15) is 14.4 Å². The summed E-state index contributed by atoms with van der Waals surface area (Å²) in [5.41, 5.74) is -0.653. The summed E-state index contributed by atoms with van der Waals surface area (Å²) < 4.78 is 10.1. The molecular weight excluding hydrogens is 332 g/mol. The van der Waals surface area contributed by atoms with E-state index in [4.69, 9.17) is 9.47 Å². The number of nitrogens with one attached hydrogen (secondary N) is 2. The summed E-state index contributed by atoms with van der Waals surface area (Å²) in [4.78, 5) is 35.5. The number of carbonyl (C=O) groups excluding carboxylic acids is 3. The van der Waals surface area contributed by atoms with Gasteiger partial charge < -0.3 is 20.1 Å². The van der Waals surface area contributed by atoms with E-state index >= 15 is 0 Å². The molecule has 0 aliphatic heterocycles. The van der Waals surface area contributed by atoms with Crippen molar-refractivity contribution in [3.05, 3.63) is 12.7 Å². The molecule has 0 fully saturated rings. The van der Waals surface area contributed by atoms with Gasteiger partial charge in [-0.3, -0.25) is 9.59 Å². The first kappa shape index (κ1) is 22.3. The molecule has 7 nitrogen and oxygen atoms in total. The molecule has 0 aliphatic carbocycles. The second-order valence-electron chi connectivity index (χ2n) is 6.00. The lowest BCUT2D eigenvalue weighted by molar-refractivity contribution is -0.143. The van der Waals surface area contributed by atoms with Crippen LogP contribution in [-0.2, 0) is 19.1 Å². The molecule has 0 aromatic rings. The Morgan fingerprint density at radius 1 is 1.29 bits per heavy atom. The van der Waals surface area contributed by atoms with Crippen LogP contribution in [0, 0.1) is 0 Å². The van der Waals surface area contributed by atoms with Crippen molar-refractivity contribution in [3.8, 4) is 0 Å². The minimum atomic E-state index is -0.770. The van der Waals surface area contributed by atoms with Gasteiger partial charge >= 0.3 is 12.1 Å². The lowest BCUT2D eigenvalue weighted by Crippen LogP contribution is -2.49. The van der Waals surface area contributed by atoms with Gasteiger partial charge in [-0.15, -0.1) is 6.58 Å². The van der Waals surface area contributed by atoms with Crippen molar-refractivity contribution in [3.63, 3.8) is 0 Å². The fourth-order valence-electron chi connectivity index (χ4n) is 1.54. The van der Waals surface area contributed by atoms with Gasteiger partial charge in [0.1, 0.15) is 18.2 Å². The van der Waals surface area contributed by atoms with Gasteiger partial charge in [0, 0.05) is 0 Å². The van der Waals surface area contributed by atoms with Gasteiger partial charge in [0.25, 0.3) is 0 Å². The molecule has 0 saturated carbocycles. The number of alkyl carbamates (subject to hydrolysis) is 1. The number of hydrogen-bond donors (Lipinski definition) is 2. The maximum Gasteiger partial charge on any atom is 0.408 e. The molecule has 0 spiro atoms. The molecular formula is C16H28N2O5S. The van der Waals surface area contributed by atoms with Gasteiger partial charge in [0.2, 0.25) is 5.91 Å². The lowest BCUT2D eigenvalue weighted by atomic mass is 10.2. The second-order valence-corrected chi connectivity index (χ2v) is 6.98. The van der Waals surface area contributed by atoms with Crippen LogP contribution >= 0.6 is 11.8 Å². The van der Waals surface area contributed by atoms with Crippen molar-refractivity contribution in [2.75, 3.05) is 25.2 Å². The Hall–Kier alpha value is -1.70. The molecule has 0 bridgehead atoms. The maximum atomic E-state index is 12.2. The number of rotatable bonds is 10. The van der Waals surface area contributed by atoms with E-state index in [-0.39, 0.29) is 13.2 Å². The smallest absolute Gasteiger partial charge is 0.408 e. The molecule has 1 atom stereocenters. The van der Waals surface area contributed by atoms with Crippen molar-refractivity contribution < 1.29 is 23.9 Å². The zero-order valence-corrected chi connectivity index (χ0v) is 15.7. The predicted octanol–water partition coefficient (Wildman–Crippen LogP) is 1.87. The first-order valence-corrected chi connectivity index (χ1v) is 9.11. The van der Waals surface area contributed by atoms with Crippen LogP contribution in [-0.4, -0.2) is 54.8 Å². The number of ether oxygens (including phenoxy) is 2. The summed E-state index contributed by atoms with van der Waals surface area (Å²) in [5.74, 6) is -0.306. The third kappa shape index (κ3) is 11.8. The highest BCUT2D eigenvalue weighted by Crippen LogP contribution is 2.08. The van der Waals surface area contributed by atoms with Gasteiger partial charge in [-0.25, -0.2) is 4.79 Å². The van der Waals surface area contributed by atoms with Gasteiger partial charge in [-0.1, -0.05) is 6.08 Å². The third-order valence-corrected chi connectivity index (χ3v) is 3.25. The highest BCUT2D eigenvalue weighted by atomic mass is 32.2. The molecule has 0 aliphatic rings. The van der Waals surface area contributed by atoms with Crippen molar-refractivity contribution >= 4 is 29.7 Å². The maximum absolute atomic E-state index is 12.2. The standard InChI is InChI=1S/C16H28N2O5S/c1-6-7-9-22-13(19)11-17-14(20)12(8-10-24-5)18-15(21)23-16(2,3)4/h6,12H,1,7-11H2,2-5H3,(H,17,20)(H,18,21)/t12-/m0/s1. The van der Waals surface area contributed by atoms with E-state index in [1.807, 2.05) is 6.26 Å². The largest absolute Gasteiger partial charge is 0.464 e. The third-order valence-electron chi connectivity index (χ3n) is 2.61. The summed E-state index contributed by atoms with van der Waals surface area (Å²) in [7, 11) is 0. The number of hydrogen-bond acceptors (Lipinski definition) is 6. The van der Waals surface area contributed by atoms with E-state index in [1.54, 1.807) is 38.6 Å². The van der Waals surface area contributed by atoms with Crippen LogP contribution in [0.3, 0.4) is 0 Å². The minimum Gasteiger partial charge on any atom is -0.464 e. The van der Waals surface area contributed by atoms with Crippen LogP contribution in [0.25, 0.3) is 0 Å². The Morgan fingerprint density at radius 3 is 2.50 bits per heavy atom. The monoisotopic (exact) mass is 360 g/mol. The van der Waals surface area contributed by atoms with Crippen molar-refractivity contribution in [2.45, 2.75) is 45.3 Å². The summed E-state index contributed by atoms with van der Waals surface area (Å²) in [5, 5.41) is 5.00. The Bertz CT molecular complexity index is 435. The lowest BCUT2D eigenvalue weighted by Gasteiger charge is -2.23. The van der Waals surface area contributed by atoms with E-state index in [1.165, 1.54) is 0 Å². The molecule has 2 N–H and O–H groups in total. The summed E-state index contributed by atoms with van der Waals surface area (Å²) in [6.45, 7) is 8.72. The first-order valence-electron chi connectivity index (χ1n) is 7.72. The SMILES string of the molecule is C=CCCOC(=O)CNC(=O)[C@H](CCSC)NC(=O)OC(C)(C)C. The molecule has 0 aromatic carbocycles. The molecule has 138 valence electrons. The van der Waals surface area contributed by atoms with Crippen LogP contribution in [0.1, 0.15) is 33.6 Å². The Labute approximate surface area is 147 Å². The highest BCUT2D eigenvalue weighted by molar-refractivity contribution is 7.98. The first-order chi connectivity index (χ1) is 11.2. The highest BCUT2D eigenvalue weighted by Gasteiger charge is 2.24. The zero-order chi connectivity index (χ0) is 18.6. The van der Waals surface area contributed by atoms with Crippen LogP contribution in [0.5, 0.6) is 0 Å². The number of esters is 1. The van der Waals surface area contributed by atoms with Gasteiger partial charge in [-0.05, 0) is 45.6 Å². The Kier molecular flexibility index (Phi) is 10.9. The summed E-state index contributed by atoms with van der Waals surface area (Å²) >= 11 is 1.55. The van der Waals surface area contributed by atoms with Gasteiger partial charge in [-0.2, -0.15) is 11.8 Å². The van der Waals surface area contributed by atoms with Crippen molar-refractivity contribution in [2.24, 2.45) is 0 Å². The van der Waals surface area contributed by atoms with Crippen LogP contribution in [0.2, 0.25) is 0 Å². The predicted molar refractivity (Wildman–Crippen MR) is 94.9 cm³/mol. The summed E-state index contributed by atoms with van der Waals surface area (Å²) in [6, 6.07) is -0.770. The average Bonchev–Trinajstić information content (AvgIpc) is 2.47. The molecule has 24 heavy (non-hydrogen) atoms. The second kappa shape index (κ2) is 11.8. The topological polar surface area (TPSA) is 93.7 Å². The fraction of sp³-hybridized carbons (Fsp3) is 0.688. The normalized spacial score (nSPS) is 12.0. The minimum absolute atomic E-state index is 0.226.